The maximum atomic E-state index is 12.1. The number of H-pyrrole nitrogens is 1. The highest BCUT2D eigenvalue weighted by Crippen LogP contribution is 2.31. The summed E-state index contributed by atoms with van der Waals surface area (Å²) in [6, 6.07) is 6.45. The maximum absolute atomic E-state index is 12.1. The molecule has 1 aromatic carbocycles. The number of carbonyl (C=O) groups is 2. The summed E-state index contributed by atoms with van der Waals surface area (Å²) in [5.74, 6) is -0.363. The number of carbonyl (C=O) groups excluding carboxylic acids is 1. The lowest BCUT2D eigenvalue weighted by Crippen LogP contribution is -2.51. The molecule has 1 amide bonds. The summed E-state index contributed by atoms with van der Waals surface area (Å²) in [5.41, 5.74) is 1.47. The van der Waals surface area contributed by atoms with Gasteiger partial charge in [0, 0.05) is 62.9 Å². The number of aliphatic carboxylic acids is 1. The number of rotatable bonds is 7. The smallest absolute Gasteiger partial charge is 0.325 e. The zero-order chi connectivity index (χ0) is 21.0. The summed E-state index contributed by atoms with van der Waals surface area (Å²) in [6.45, 7) is 2.63. The summed E-state index contributed by atoms with van der Waals surface area (Å²) >= 11 is 0. The number of likely N-dealkylation sites (N-methyl/N-ethyl adjacent to an activating group) is 1. The van der Waals surface area contributed by atoms with Crippen molar-refractivity contribution in [3.05, 3.63) is 30.0 Å². The second-order valence-electron chi connectivity index (χ2n) is 7.24. The quantitative estimate of drug-likeness (QED) is 0.711. The van der Waals surface area contributed by atoms with Crippen LogP contribution in [-0.4, -0.2) is 90.1 Å². The SMILES string of the molecule is CN(C)C(=O)CN1CCN(C(C(=O)O)c2c[nH]c3ccc(OCC#N)cc23)CC1. The van der Waals surface area contributed by atoms with Crippen LogP contribution in [0.4, 0.5) is 0 Å². The van der Waals surface area contributed by atoms with Crippen LogP contribution in [0, 0.1) is 11.3 Å². The van der Waals surface area contributed by atoms with Crippen molar-refractivity contribution in [2.24, 2.45) is 0 Å². The third-order valence-corrected chi connectivity index (χ3v) is 5.15. The molecule has 9 nitrogen and oxygen atoms in total. The molecule has 154 valence electrons. The highest BCUT2D eigenvalue weighted by atomic mass is 16.5. The van der Waals surface area contributed by atoms with Gasteiger partial charge in [-0.1, -0.05) is 0 Å². The molecule has 3 rings (SSSR count). The van der Waals surface area contributed by atoms with Crippen LogP contribution < -0.4 is 4.74 Å². The van der Waals surface area contributed by atoms with Gasteiger partial charge in [-0.15, -0.1) is 0 Å². The molecule has 2 aromatic rings. The predicted octanol–water partition coefficient (Wildman–Crippen LogP) is 0.902. The number of hydrogen-bond donors (Lipinski definition) is 2. The molecule has 1 aliphatic heterocycles. The van der Waals surface area contributed by atoms with E-state index in [0.717, 1.165) is 10.9 Å². The van der Waals surface area contributed by atoms with Crippen molar-refractivity contribution in [2.45, 2.75) is 6.04 Å². The van der Waals surface area contributed by atoms with Crippen LogP contribution in [0.5, 0.6) is 5.75 Å². The van der Waals surface area contributed by atoms with E-state index in [4.69, 9.17) is 10.00 Å². The Morgan fingerprint density at radius 1 is 1.31 bits per heavy atom. The number of benzene rings is 1. The average Bonchev–Trinajstić information content (AvgIpc) is 3.10. The third-order valence-electron chi connectivity index (χ3n) is 5.15. The summed E-state index contributed by atoms with van der Waals surface area (Å²) in [7, 11) is 3.45. The number of nitrogens with one attached hydrogen (secondary N) is 1. The van der Waals surface area contributed by atoms with Crippen molar-refractivity contribution in [3.8, 4) is 11.8 Å². The molecule has 2 N–H and O–H groups in total. The number of aromatic nitrogens is 1. The molecule has 0 radical (unpaired) electrons. The van der Waals surface area contributed by atoms with E-state index >= 15 is 0 Å². The Hall–Kier alpha value is -3.09. The second kappa shape index (κ2) is 8.94. The van der Waals surface area contributed by atoms with Gasteiger partial charge in [0.1, 0.15) is 17.9 Å². The van der Waals surface area contributed by atoms with Gasteiger partial charge in [-0.05, 0) is 18.2 Å². The highest BCUT2D eigenvalue weighted by Gasteiger charge is 2.32. The molecule has 1 aromatic heterocycles. The van der Waals surface area contributed by atoms with E-state index in [9.17, 15) is 14.7 Å². The normalized spacial score (nSPS) is 16.3. The molecule has 1 atom stereocenters. The lowest BCUT2D eigenvalue weighted by atomic mass is 10.0. The van der Waals surface area contributed by atoms with Gasteiger partial charge in [0.25, 0.3) is 0 Å². The fourth-order valence-electron chi connectivity index (χ4n) is 3.55. The van der Waals surface area contributed by atoms with E-state index in [1.807, 2.05) is 21.9 Å². The maximum Gasteiger partial charge on any atom is 0.325 e. The monoisotopic (exact) mass is 399 g/mol. The molecular weight excluding hydrogens is 374 g/mol. The summed E-state index contributed by atoms with van der Waals surface area (Å²) < 4.78 is 5.37. The molecule has 0 bridgehead atoms. The Kier molecular flexibility index (Phi) is 6.36. The zero-order valence-corrected chi connectivity index (χ0v) is 16.6. The van der Waals surface area contributed by atoms with E-state index in [0.29, 0.717) is 44.0 Å². The van der Waals surface area contributed by atoms with Gasteiger partial charge in [0.05, 0.1) is 6.54 Å². The predicted molar refractivity (Wildman–Crippen MR) is 106 cm³/mol. The molecule has 1 aliphatic rings. The summed E-state index contributed by atoms with van der Waals surface area (Å²) in [6.07, 6.45) is 1.72. The van der Waals surface area contributed by atoms with Gasteiger partial charge < -0.3 is 19.7 Å². The number of amides is 1. The van der Waals surface area contributed by atoms with Crippen molar-refractivity contribution in [1.29, 1.82) is 5.26 Å². The molecule has 1 saturated heterocycles. The lowest BCUT2D eigenvalue weighted by Gasteiger charge is -2.37. The Morgan fingerprint density at radius 3 is 2.66 bits per heavy atom. The third kappa shape index (κ3) is 4.67. The minimum absolute atomic E-state index is 0.0368. The number of fused-ring (bicyclic) bond motifs is 1. The Bertz CT molecular complexity index is 925. The van der Waals surface area contributed by atoms with Crippen LogP contribution in [0.25, 0.3) is 10.9 Å². The largest absolute Gasteiger partial charge is 0.480 e. The van der Waals surface area contributed by atoms with Crippen LogP contribution in [0.3, 0.4) is 0 Å². The van der Waals surface area contributed by atoms with Gasteiger partial charge in [0.2, 0.25) is 5.91 Å². The van der Waals surface area contributed by atoms with E-state index in [1.165, 1.54) is 0 Å². The van der Waals surface area contributed by atoms with E-state index in [1.54, 1.807) is 37.3 Å². The molecule has 0 spiro atoms. The number of carboxylic acid groups (broad SMARTS) is 1. The first-order valence-corrected chi connectivity index (χ1v) is 9.41. The fraction of sp³-hybridized carbons (Fsp3) is 0.450. The number of carboxylic acids is 1. The minimum Gasteiger partial charge on any atom is -0.480 e. The van der Waals surface area contributed by atoms with Crippen LogP contribution >= 0.6 is 0 Å². The van der Waals surface area contributed by atoms with Crippen molar-refractivity contribution in [2.75, 3.05) is 53.4 Å². The molecule has 2 heterocycles. The molecule has 0 aliphatic carbocycles. The number of piperazine rings is 1. The summed E-state index contributed by atoms with van der Waals surface area (Å²) in [4.78, 5) is 32.7. The summed E-state index contributed by atoms with van der Waals surface area (Å²) in [5, 5.41) is 19.4. The van der Waals surface area contributed by atoms with Gasteiger partial charge in [0.15, 0.2) is 6.61 Å². The molecule has 0 saturated carbocycles. The topological polar surface area (TPSA) is 113 Å². The van der Waals surface area contributed by atoms with Crippen molar-refractivity contribution in [1.82, 2.24) is 19.7 Å². The number of nitrogens with zero attached hydrogens (tertiary/aromatic N) is 4. The van der Waals surface area contributed by atoms with E-state index in [-0.39, 0.29) is 12.5 Å². The molecule has 9 heteroatoms. The Morgan fingerprint density at radius 2 is 2.03 bits per heavy atom. The van der Waals surface area contributed by atoms with Gasteiger partial charge >= 0.3 is 5.97 Å². The molecule has 29 heavy (non-hydrogen) atoms. The zero-order valence-electron chi connectivity index (χ0n) is 16.6. The van der Waals surface area contributed by atoms with Crippen LogP contribution in [-0.2, 0) is 9.59 Å². The van der Waals surface area contributed by atoms with Crippen molar-refractivity contribution in [3.63, 3.8) is 0 Å². The van der Waals surface area contributed by atoms with E-state index < -0.39 is 12.0 Å². The van der Waals surface area contributed by atoms with Crippen LogP contribution in [0.15, 0.2) is 24.4 Å². The van der Waals surface area contributed by atoms with Crippen molar-refractivity contribution >= 4 is 22.8 Å². The van der Waals surface area contributed by atoms with Gasteiger partial charge in [-0.25, -0.2) is 0 Å². The van der Waals surface area contributed by atoms with Gasteiger partial charge in [-0.2, -0.15) is 5.26 Å². The number of hydrogen-bond acceptors (Lipinski definition) is 6. The Balaban J connectivity index is 1.78. The fourth-order valence-corrected chi connectivity index (χ4v) is 3.55. The average molecular weight is 399 g/mol. The minimum atomic E-state index is -0.924. The molecule has 1 fully saturated rings. The second-order valence-corrected chi connectivity index (χ2v) is 7.24. The van der Waals surface area contributed by atoms with Gasteiger partial charge in [-0.3, -0.25) is 19.4 Å². The van der Waals surface area contributed by atoms with E-state index in [2.05, 4.69) is 4.98 Å². The number of ether oxygens (including phenoxy) is 1. The molecule has 1 unspecified atom stereocenters. The number of aromatic amines is 1. The first kappa shape index (κ1) is 20.6. The first-order valence-electron chi connectivity index (χ1n) is 9.41. The van der Waals surface area contributed by atoms with Crippen molar-refractivity contribution < 1.29 is 19.4 Å². The van der Waals surface area contributed by atoms with Crippen LogP contribution in [0.1, 0.15) is 11.6 Å². The molecular formula is C20H25N5O4. The highest BCUT2D eigenvalue weighted by molar-refractivity contribution is 5.90. The van der Waals surface area contributed by atoms with Crippen LogP contribution in [0.2, 0.25) is 0 Å². The Labute approximate surface area is 169 Å². The first-order chi connectivity index (χ1) is 13.9. The number of nitriles is 1. The standard InChI is InChI=1S/C20H25N5O4/c1-23(2)18(26)13-24-6-8-25(9-7-24)19(20(27)28)16-12-22-17-4-3-14(11-15(16)17)29-10-5-21/h3-4,11-12,19,22H,6-10,13H2,1-2H3,(H,27,28). The lowest BCUT2D eigenvalue weighted by molar-refractivity contribution is -0.145.